The zero-order valence-electron chi connectivity index (χ0n) is 8.84. The number of aliphatic hydroxyl groups is 1. The van der Waals surface area contributed by atoms with Gasteiger partial charge in [0.25, 0.3) is 0 Å². The molecule has 0 fully saturated rings. The average molecular weight is 244 g/mol. The number of carbonyl (C=O) groups is 1. The number of hydrogen-bond donors (Lipinski definition) is 2. The topological polar surface area (TPSA) is 72.5 Å². The molecule has 0 bridgehead atoms. The first-order valence-electron chi connectivity index (χ1n) is 4.78. The van der Waals surface area contributed by atoms with Gasteiger partial charge in [0.1, 0.15) is 0 Å². The predicted molar refractivity (Wildman–Crippen MR) is 61.7 cm³/mol. The van der Waals surface area contributed by atoms with Crippen molar-refractivity contribution < 1.29 is 14.6 Å². The lowest BCUT2D eigenvalue weighted by Crippen LogP contribution is -2.21. The van der Waals surface area contributed by atoms with Crippen molar-refractivity contribution in [2.45, 2.75) is 18.6 Å². The zero-order valence-corrected chi connectivity index (χ0v) is 9.66. The Balaban J connectivity index is 0.00000128. The average Bonchev–Trinajstić information content (AvgIpc) is 2.53. The number of fused-ring (bicyclic) bond motifs is 1. The van der Waals surface area contributed by atoms with Crippen LogP contribution in [0, 0.1) is 0 Å². The number of methoxy groups -OCH3 is 1. The smallest absolute Gasteiger partial charge is 0.337 e. The van der Waals surface area contributed by atoms with Gasteiger partial charge in [-0.25, -0.2) is 4.79 Å². The Morgan fingerprint density at radius 2 is 2.25 bits per heavy atom. The van der Waals surface area contributed by atoms with E-state index < -0.39 is 6.10 Å². The molecule has 0 unspecified atom stereocenters. The number of aliphatic hydroxyl groups excluding tert-OH is 1. The van der Waals surface area contributed by atoms with E-state index in [2.05, 4.69) is 4.74 Å². The maximum Gasteiger partial charge on any atom is 0.337 e. The zero-order chi connectivity index (χ0) is 11.0. The third-order valence-corrected chi connectivity index (χ3v) is 2.77. The Hall–Kier alpha value is -1.10. The molecule has 1 aromatic rings. The molecule has 0 aromatic heterocycles. The Labute approximate surface area is 99.8 Å². The molecule has 0 saturated carbocycles. The van der Waals surface area contributed by atoms with Gasteiger partial charge in [-0.2, -0.15) is 0 Å². The molecule has 0 amide bonds. The Morgan fingerprint density at radius 3 is 2.88 bits per heavy atom. The summed E-state index contributed by atoms with van der Waals surface area (Å²) in [6.07, 6.45) is -0.0469. The SMILES string of the molecule is COC(=O)c1ccc2c(c1)C[C@H](O)[C@@H]2N.Cl. The van der Waals surface area contributed by atoms with Crippen molar-refractivity contribution in [2.75, 3.05) is 7.11 Å². The summed E-state index contributed by atoms with van der Waals surface area (Å²) in [4.78, 5) is 11.3. The van der Waals surface area contributed by atoms with Gasteiger partial charge in [-0.15, -0.1) is 12.4 Å². The number of ether oxygens (including phenoxy) is 1. The highest BCUT2D eigenvalue weighted by Crippen LogP contribution is 2.30. The van der Waals surface area contributed by atoms with Gasteiger partial charge in [-0.3, -0.25) is 0 Å². The molecule has 0 radical (unpaired) electrons. The number of carbonyl (C=O) groups excluding carboxylic acids is 1. The van der Waals surface area contributed by atoms with Crippen molar-refractivity contribution >= 4 is 18.4 Å². The highest BCUT2D eigenvalue weighted by molar-refractivity contribution is 5.89. The van der Waals surface area contributed by atoms with Crippen molar-refractivity contribution in [3.05, 3.63) is 34.9 Å². The Kier molecular flexibility index (Phi) is 3.91. The van der Waals surface area contributed by atoms with Crippen LogP contribution in [0.4, 0.5) is 0 Å². The largest absolute Gasteiger partial charge is 0.465 e. The molecule has 0 spiro atoms. The van der Waals surface area contributed by atoms with Crippen LogP contribution in [0.15, 0.2) is 18.2 Å². The van der Waals surface area contributed by atoms with Crippen LogP contribution in [0.25, 0.3) is 0 Å². The summed E-state index contributed by atoms with van der Waals surface area (Å²) < 4.78 is 4.62. The molecule has 1 aromatic carbocycles. The standard InChI is InChI=1S/C11H13NO3.ClH/c1-15-11(14)6-2-3-8-7(4-6)5-9(13)10(8)12;/h2-4,9-10,13H,5,12H2,1H3;1H/t9-,10+;/m0./s1. The number of nitrogens with two attached hydrogens (primary N) is 1. The number of benzene rings is 1. The molecular weight excluding hydrogens is 230 g/mol. The van der Waals surface area contributed by atoms with E-state index in [1.807, 2.05) is 0 Å². The minimum absolute atomic E-state index is 0. The van der Waals surface area contributed by atoms with E-state index >= 15 is 0 Å². The Morgan fingerprint density at radius 1 is 1.56 bits per heavy atom. The van der Waals surface area contributed by atoms with Crippen LogP contribution in [-0.4, -0.2) is 24.3 Å². The second-order valence-corrected chi connectivity index (χ2v) is 3.70. The van der Waals surface area contributed by atoms with E-state index in [4.69, 9.17) is 5.73 Å². The van der Waals surface area contributed by atoms with Crippen molar-refractivity contribution in [1.29, 1.82) is 0 Å². The molecule has 0 heterocycles. The summed E-state index contributed by atoms with van der Waals surface area (Å²) in [5, 5.41) is 9.56. The van der Waals surface area contributed by atoms with Crippen molar-refractivity contribution in [1.82, 2.24) is 0 Å². The molecule has 2 atom stereocenters. The van der Waals surface area contributed by atoms with E-state index in [-0.39, 0.29) is 24.4 Å². The van der Waals surface area contributed by atoms with Crippen molar-refractivity contribution in [3.63, 3.8) is 0 Å². The number of halogens is 1. The highest BCUT2D eigenvalue weighted by Gasteiger charge is 2.28. The molecule has 2 rings (SSSR count). The molecule has 0 aliphatic heterocycles. The highest BCUT2D eigenvalue weighted by atomic mass is 35.5. The number of esters is 1. The van der Waals surface area contributed by atoms with Gasteiger partial charge >= 0.3 is 5.97 Å². The third kappa shape index (κ3) is 2.04. The number of hydrogen-bond acceptors (Lipinski definition) is 4. The second-order valence-electron chi connectivity index (χ2n) is 3.70. The van der Waals surface area contributed by atoms with E-state index in [9.17, 15) is 9.90 Å². The quantitative estimate of drug-likeness (QED) is 0.716. The van der Waals surface area contributed by atoms with E-state index in [1.165, 1.54) is 7.11 Å². The molecular formula is C11H14ClNO3. The van der Waals surface area contributed by atoms with Gasteiger partial charge in [-0.05, 0) is 23.3 Å². The maximum absolute atomic E-state index is 11.3. The lowest BCUT2D eigenvalue weighted by atomic mass is 10.1. The minimum Gasteiger partial charge on any atom is -0.465 e. The first kappa shape index (κ1) is 13.0. The lowest BCUT2D eigenvalue weighted by Gasteiger charge is -2.08. The van der Waals surface area contributed by atoms with Gasteiger partial charge < -0.3 is 15.6 Å². The van der Waals surface area contributed by atoms with Crippen LogP contribution in [0.3, 0.4) is 0 Å². The van der Waals surface area contributed by atoms with Crippen molar-refractivity contribution in [2.24, 2.45) is 5.73 Å². The maximum atomic E-state index is 11.3. The van der Waals surface area contributed by atoms with E-state index in [0.717, 1.165) is 11.1 Å². The van der Waals surface area contributed by atoms with Crippen LogP contribution in [0.1, 0.15) is 27.5 Å². The molecule has 1 aliphatic carbocycles. The predicted octanol–water partition coefficient (Wildman–Crippen LogP) is 0.812. The van der Waals surface area contributed by atoms with Crippen LogP contribution >= 0.6 is 12.4 Å². The van der Waals surface area contributed by atoms with Gasteiger partial charge in [0.15, 0.2) is 0 Å². The van der Waals surface area contributed by atoms with Gasteiger partial charge in [-0.1, -0.05) is 6.07 Å². The summed E-state index contributed by atoms with van der Waals surface area (Å²) in [5.41, 5.74) is 8.12. The monoisotopic (exact) mass is 243 g/mol. The van der Waals surface area contributed by atoms with Crippen LogP contribution in [-0.2, 0) is 11.2 Å². The summed E-state index contributed by atoms with van der Waals surface area (Å²) in [7, 11) is 1.34. The molecule has 16 heavy (non-hydrogen) atoms. The first-order chi connectivity index (χ1) is 7.13. The minimum atomic E-state index is -0.548. The van der Waals surface area contributed by atoms with Crippen LogP contribution < -0.4 is 5.73 Å². The fourth-order valence-corrected chi connectivity index (χ4v) is 1.91. The normalized spacial score (nSPS) is 22.2. The van der Waals surface area contributed by atoms with Crippen LogP contribution in [0.2, 0.25) is 0 Å². The van der Waals surface area contributed by atoms with Gasteiger partial charge in [0.05, 0.1) is 24.8 Å². The van der Waals surface area contributed by atoms with Crippen molar-refractivity contribution in [3.8, 4) is 0 Å². The first-order valence-corrected chi connectivity index (χ1v) is 4.78. The van der Waals surface area contributed by atoms with Gasteiger partial charge in [0.2, 0.25) is 0 Å². The summed E-state index contributed by atoms with van der Waals surface area (Å²) >= 11 is 0. The lowest BCUT2D eigenvalue weighted by molar-refractivity contribution is 0.0600. The summed E-state index contributed by atoms with van der Waals surface area (Å²) in [6.45, 7) is 0. The van der Waals surface area contributed by atoms with Crippen LogP contribution in [0.5, 0.6) is 0 Å². The second kappa shape index (κ2) is 4.82. The number of rotatable bonds is 1. The fraction of sp³-hybridized carbons (Fsp3) is 0.364. The molecule has 88 valence electrons. The molecule has 0 saturated heterocycles. The molecule has 4 nitrogen and oxygen atoms in total. The summed E-state index contributed by atoms with van der Waals surface area (Å²) in [5.74, 6) is -0.368. The Bertz CT molecular complexity index is 408. The molecule has 3 N–H and O–H groups in total. The fourth-order valence-electron chi connectivity index (χ4n) is 1.91. The van der Waals surface area contributed by atoms with E-state index in [1.54, 1.807) is 18.2 Å². The molecule has 1 aliphatic rings. The molecule has 5 heteroatoms. The van der Waals surface area contributed by atoms with Gasteiger partial charge in [0, 0.05) is 6.42 Å². The third-order valence-electron chi connectivity index (χ3n) is 2.77. The van der Waals surface area contributed by atoms with E-state index in [0.29, 0.717) is 12.0 Å². The summed E-state index contributed by atoms with van der Waals surface area (Å²) in [6, 6.07) is 4.84.